The summed E-state index contributed by atoms with van der Waals surface area (Å²) in [6, 6.07) is 4.32. The average molecular weight is 285 g/mol. The molecule has 2 saturated carbocycles. The molecule has 110 valence electrons. The molecule has 1 amide bonds. The maximum atomic E-state index is 13.6. The van der Waals surface area contributed by atoms with Crippen molar-refractivity contribution in [2.24, 2.45) is 5.92 Å². The molecule has 0 radical (unpaired) electrons. The van der Waals surface area contributed by atoms with Gasteiger partial charge in [-0.1, -0.05) is 18.8 Å². The summed E-state index contributed by atoms with van der Waals surface area (Å²) in [6.45, 7) is 1.70. The second-order valence-electron chi connectivity index (χ2n) is 6.34. The van der Waals surface area contributed by atoms with Crippen molar-refractivity contribution in [3.63, 3.8) is 0 Å². The van der Waals surface area contributed by atoms with Gasteiger partial charge in [-0.25, -0.2) is 4.39 Å². The van der Waals surface area contributed by atoms with Crippen LogP contribution in [-0.4, -0.2) is 11.4 Å². The molecule has 1 N–H and O–H groups in total. The molecule has 1 aromatic rings. The first-order chi connectivity index (χ1) is 10.1. The van der Waals surface area contributed by atoms with Crippen molar-refractivity contribution in [3.8, 4) is 11.8 Å². The van der Waals surface area contributed by atoms with Crippen LogP contribution in [0.2, 0.25) is 0 Å². The van der Waals surface area contributed by atoms with Gasteiger partial charge in [-0.3, -0.25) is 4.79 Å². The highest BCUT2D eigenvalue weighted by molar-refractivity contribution is 5.95. The van der Waals surface area contributed by atoms with Crippen LogP contribution in [0, 0.1) is 23.6 Å². The zero-order valence-corrected chi connectivity index (χ0v) is 12.3. The van der Waals surface area contributed by atoms with Gasteiger partial charge in [0, 0.05) is 16.7 Å². The van der Waals surface area contributed by atoms with Crippen molar-refractivity contribution < 1.29 is 9.18 Å². The van der Waals surface area contributed by atoms with Crippen LogP contribution in [0.25, 0.3) is 0 Å². The minimum Gasteiger partial charge on any atom is -0.347 e. The summed E-state index contributed by atoms with van der Waals surface area (Å²) in [4.78, 5) is 12.5. The number of benzene rings is 1. The lowest BCUT2D eigenvalue weighted by molar-refractivity contribution is 0.0880. The van der Waals surface area contributed by atoms with Gasteiger partial charge in [0.05, 0.1) is 0 Å². The highest BCUT2D eigenvalue weighted by atomic mass is 19.1. The number of halogens is 1. The molecule has 0 heterocycles. The Kier molecular flexibility index (Phi) is 3.71. The Hall–Kier alpha value is -1.82. The van der Waals surface area contributed by atoms with E-state index in [4.69, 9.17) is 0 Å². The molecule has 2 aliphatic carbocycles. The Balaban J connectivity index is 1.80. The van der Waals surface area contributed by atoms with Crippen molar-refractivity contribution in [1.29, 1.82) is 0 Å². The van der Waals surface area contributed by atoms with Gasteiger partial charge in [0.15, 0.2) is 0 Å². The van der Waals surface area contributed by atoms with Crippen LogP contribution >= 0.6 is 0 Å². The third-order valence-electron chi connectivity index (χ3n) is 4.79. The topological polar surface area (TPSA) is 29.1 Å². The smallest absolute Gasteiger partial charge is 0.251 e. The molecule has 2 bridgehead atoms. The van der Waals surface area contributed by atoms with Crippen LogP contribution in [-0.2, 0) is 0 Å². The monoisotopic (exact) mass is 285 g/mol. The molecule has 2 atom stereocenters. The predicted molar refractivity (Wildman–Crippen MR) is 80.3 cm³/mol. The zero-order chi connectivity index (χ0) is 14.9. The quantitative estimate of drug-likeness (QED) is 0.826. The van der Waals surface area contributed by atoms with E-state index in [0.29, 0.717) is 11.1 Å². The van der Waals surface area contributed by atoms with Crippen LogP contribution in [0.3, 0.4) is 0 Å². The molecule has 3 rings (SSSR count). The SMILES string of the molecule is CC#Cc1cc(F)cc(C(=O)N[C@]23CCCC(CC2)C3)c1. The van der Waals surface area contributed by atoms with Gasteiger partial charge in [0.25, 0.3) is 5.91 Å². The van der Waals surface area contributed by atoms with E-state index in [1.807, 2.05) is 0 Å². The van der Waals surface area contributed by atoms with Gasteiger partial charge in [0.2, 0.25) is 0 Å². The third kappa shape index (κ3) is 2.95. The molecule has 3 heteroatoms. The maximum absolute atomic E-state index is 13.6. The number of amides is 1. The Labute approximate surface area is 125 Å². The van der Waals surface area contributed by atoms with Crippen LogP contribution in [0.4, 0.5) is 4.39 Å². The normalized spacial score (nSPS) is 26.9. The molecule has 0 aromatic heterocycles. The highest BCUT2D eigenvalue weighted by Gasteiger charge is 2.42. The van der Waals surface area contributed by atoms with Crippen molar-refractivity contribution >= 4 is 5.91 Å². The lowest BCUT2D eigenvalue weighted by atomic mass is 9.83. The van der Waals surface area contributed by atoms with Gasteiger partial charge >= 0.3 is 0 Å². The van der Waals surface area contributed by atoms with Gasteiger partial charge in [-0.15, -0.1) is 5.92 Å². The van der Waals surface area contributed by atoms with Crippen LogP contribution in [0.5, 0.6) is 0 Å². The second-order valence-corrected chi connectivity index (χ2v) is 6.34. The molecule has 2 nitrogen and oxygen atoms in total. The summed E-state index contributed by atoms with van der Waals surface area (Å²) in [5.41, 5.74) is 0.868. The first kappa shape index (κ1) is 14.1. The van der Waals surface area contributed by atoms with Crippen molar-refractivity contribution in [1.82, 2.24) is 5.32 Å². The first-order valence-corrected chi connectivity index (χ1v) is 7.66. The van der Waals surface area contributed by atoms with Gasteiger partial charge in [-0.05, 0) is 56.7 Å². The molecule has 2 aliphatic rings. The fourth-order valence-corrected chi connectivity index (χ4v) is 3.87. The standard InChI is InChI=1S/C18H20FNO/c1-2-4-14-9-15(11-16(19)10-14)17(21)20-18-7-3-5-13(12-18)6-8-18/h9-11,13H,3,5-8,12H2,1H3,(H,20,21)/t13?,18-/m1/s1. The fourth-order valence-electron chi connectivity index (χ4n) is 3.87. The Morgan fingerprint density at radius 3 is 3.00 bits per heavy atom. The molecule has 2 fully saturated rings. The van der Waals surface area contributed by atoms with Gasteiger partial charge < -0.3 is 5.32 Å². The molecular weight excluding hydrogens is 265 g/mol. The average Bonchev–Trinajstić information content (AvgIpc) is 2.73. The molecule has 1 unspecified atom stereocenters. The molecule has 1 aromatic carbocycles. The summed E-state index contributed by atoms with van der Waals surface area (Å²) in [5.74, 6) is 5.72. The number of carbonyl (C=O) groups excluding carboxylic acids is 1. The van der Waals surface area contributed by atoms with E-state index in [1.165, 1.54) is 31.4 Å². The fraction of sp³-hybridized carbons (Fsp3) is 0.500. The van der Waals surface area contributed by atoms with Gasteiger partial charge in [0.1, 0.15) is 5.82 Å². The Morgan fingerprint density at radius 1 is 1.33 bits per heavy atom. The van der Waals surface area contributed by atoms with E-state index < -0.39 is 5.82 Å². The molecule has 0 aliphatic heterocycles. The predicted octanol–water partition coefficient (Wildman–Crippen LogP) is 3.65. The number of carbonyl (C=O) groups is 1. The summed E-state index contributed by atoms with van der Waals surface area (Å²) in [6.07, 6.45) is 6.85. The molecule has 0 saturated heterocycles. The zero-order valence-electron chi connectivity index (χ0n) is 12.3. The van der Waals surface area contributed by atoms with E-state index in [1.54, 1.807) is 13.0 Å². The van der Waals surface area contributed by atoms with Crippen molar-refractivity contribution in [3.05, 3.63) is 35.1 Å². The van der Waals surface area contributed by atoms with E-state index >= 15 is 0 Å². The van der Waals surface area contributed by atoms with E-state index in [-0.39, 0.29) is 11.4 Å². The summed E-state index contributed by atoms with van der Waals surface area (Å²) in [5, 5.41) is 3.18. The number of hydrogen-bond donors (Lipinski definition) is 1. The summed E-state index contributed by atoms with van der Waals surface area (Å²) in [7, 11) is 0. The van der Waals surface area contributed by atoms with Gasteiger partial charge in [-0.2, -0.15) is 0 Å². The molecular formula is C18H20FNO. The van der Waals surface area contributed by atoms with Crippen molar-refractivity contribution in [2.75, 3.05) is 0 Å². The Morgan fingerprint density at radius 2 is 2.19 bits per heavy atom. The number of fused-ring (bicyclic) bond motifs is 2. The summed E-state index contributed by atoms with van der Waals surface area (Å²) >= 11 is 0. The maximum Gasteiger partial charge on any atom is 0.251 e. The summed E-state index contributed by atoms with van der Waals surface area (Å²) < 4.78 is 13.6. The number of nitrogens with one attached hydrogen (secondary N) is 1. The van der Waals surface area contributed by atoms with Crippen LogP contribution in [0.1, 0.15) is 61.4 Å². The Bertz CT molecular complexity index is 624. The van der Waals surface area contributed by atoms with E-state index in [2.05, 4.69) is 17.2 Å². The van der Waals surface area contributed by atoms with Crippen LogP contribution < -0.4 is 5.32 Å². The minimum atomic E-state index is -0.411. The highest BCUT2D eigenvalue weighted by Crippen LogP contribution is 2.45. The van der Waals surface area contributed by atoms with E-state index in [9.17, 15) is 9.18 Å². The molecule has 0 spiro atoms. The van der Waals surface area contributed by atoms with E-state index in [0.717, 1.165) is 25.2 Å². The first-order valence-electron chi connectivity index (χ1n) is 7.66. The second kappa shape index (κ2) is 5.52. The molecule has 21 heavy (non-hydrogen) atoms. The largest absolute Gasteiger partial charge is 0.347 e. The van der Waals surface area contributed by atoms with Crippen molar-refractivity contribution in [2.45, 2.75) is 51.0 Å². The lowest BCUT2D eigenvalue weighted by Crippen LogP contribution is -2.47. The number of hydrogen-bond acceptors (Lipinski definition) is 1. The lowest BCUT2D eigenvalue weighted by Gasteiger charge is -2.34. The number of rotatable bonds is 2. The van der Waals surface area contributed by atoms with Crippen LogP contribution in [0.15, 0.2) is 18.2 Å². The third-order valence-corrected chi connectivity index (χ3v) is 4.79. The minimum absolute atomic E-state index is 0.0527.